The molecule has 0 unspecified atom stereocenters. The van der Waals surface area contributed by atoms with Crippen molar-refractivity contribution in [3.05, 3.63) is 82.1 Å². The molecular formula is C25H23ClFNO4. The molecule has 0 fully saturated rings. The van der Waals surface area contributed by atoms with Gasteiger partial charge in [0.2, 0.25) is 0 Å². The number of rotatable bonds is 9. The highest BCUT2D eigenvalue weighted by Gasteiger charge is 2.14. The number of benzene rings is 3. The SMILES string of the molecule is CCCOc1ccc(C(=O)NCc2cc(-c3cc(C=O)ccc3F)ccc2OC)c(Cl)c1. The molecule has 3 rings (SSSR count). The van der Waals surface area contributed by atoms with Crippen LogP contribution in [0.2, 0.25) is 5.02 Å². The molecule has 5 nitrogen and oxygen atoms in total. The lowest BCUT2D eigenvalue weighted by atomic mass is 10.00. The Morgan fingerprint density at radius 2 is 1.94 bits per heavy atom. The van der Waals surface area contributed by atoms with E-state index < -0.39 is 5.82 Å². The van der Waals surface area contributed by atoms with Crippen LogP contribution in [0, 0.1) is 5.82 Å². The third-order valence-electron chi connectivity index (χ3n) is 4.82. The van der Waals surface area contributed by atoms with E-state index >= 15 is 0 Å². The molecule has 3 aromatic carbocycles. The number of ether oxygens (including phenoxy) is 2. The average molecular weight is 456 g/mol. The lowest BCUT2D eigenvalue weighted by Gasteiger charge is -2.13. The third kappa shape index (κ3) is 5.45. The van der Waals surface area contributed by atoms with Crippen molar-refractivity contribution < 1.29 is 23.5 Å². The van der Waals surface area contributed by atoms with Gasteiger partial charge in [-0.25, -0.2) is 4.39 Å². The van der Waals surface area contributed by atoms with Crippen LogP contribution >= 0.6 is 11.6 Å². The van der Waals surface area contributed by atoms with Crippen molar-refractivity contribution in [1.29, 1.82) is 0 Å². The minimum Gasteiger partial charge on any atom is -0.496 e. The van der Waals surface area contributed by atoms with Gasteiger partial charge in [-0.3, -0.25) is 9.59 Å². The number of hydrogen-bond donors (Lipinski definition) is 1. The van der Waals surface area contributed by atoms with E-state index in [1.165, 1.54) is 25.3 Å². The summed E-state index contributed by atoms with van der Waals surface area (Å²) in [6.45, 7) is 2.70. The van der Waals surface area contributed by atoms with E-state index in [0.29, 0.717) is 46.6 Å². The first-order valence-electron chi connectivity index (χ1n) is 10.1. The van der Waals surface area contributed by atoms with Crippen LogP contribution in [0.5, 0.6) is 11.5 Å². The molecule has 0 aromatic heterocycles. The Labute approximate surface area is 191 Å². The maximum atomic E-state index is 14.4. The summed E-state index contributed by atoms with van der Waals surface area (Å²) in [6, 6.07) is 14.2. The molecule has 0 aliphatic carbocycles. The standard InChI is InChI=1S/C25H23ClFNO4/c1-3-10-32-19-6-7-20(22(26)13-19)25(30)28-14-18-12-17(5-9-24(18)31-2)21-11-16(15-29)4-8-23(21)27/h4-9,11-13,15H,3,10,14H2,1-2H3,(H,28,30). The molecule has 166 valence electrons. The molecule has 32 heavy (non-hydrogen) atoms. The summed E-state index contributed by atoms with van der Waals surface area (Å²) in [5, 5.41) is 3.10. The van der Waals surface area contributed by atoms with Crippen molar-refractivity contribution >= 4 is 23.8 Å². The van der Waals surface area contributed by atoms with Crippen molar-refractivity contribution in [2.24, 2.45) is 0 Å². The van der Waals surface area contributed by atoms with E-state index in [9.17, 15) is 14.0 Å². The molecule has 0 aliphatic heterocycles. The molecule has 7 heteroatoms. The van der Waals surface area contributed by atoms with Crippen LogP contribution in [0.3, 0.4) is 0 Å². The first-order chi connectivity index (χ1) is 15.5. The highest BCUT2D eigenvalue weighted by molar-refractivity contribution is 6.34. The Morgan fingerprint density at radius 3 is 2.62 bits per heavy atom. The van der Waals surface area contributed by atoms with Gasteiger partial charge < -0.3 is 14.8 Å². The van der Waals surface area contributed by atoms with Gasteiger partial charge in [0.25, 0.3) is 5.91 Å². The monoisotopic (exact) mass is 455 g/mol. The smallest absolute Gasteiger partial charge is 0.253 e. The summed E-state index contributed by atoms with van der Waals surface area (Å²) in [6.07, 6.45) is 1.53. The molecule has 1 N–H and O–H groups in total. The van der Waals surface area contributed by atoms with Crippen molar-refractivity contribution in [2.45, 2.75) is 19.9 Å². The largest absolute Gasteiger partial charge is 0.496 e. The van der Waals surface area contributed by atoms with Gasteiger partial charge in [-0.1, -0.05) is 24.6 Å². The van der Waals surface area contributed by atoms with E-state index in [1.54, 1.807) is 36.4 Å². The number of nitrogens with one attached hydrogen (secondary N) is 1. The summed E-state index contributed by atoms with van der Waals surface area (Å²) in [7, 11) is 1.51. The lowest BCUT2D eigenvalue weighted by molar-refractivity contribution is 0.0950. The average Bonchev–Trinajstić information content (AvgIpc) is 2.81. The van der Waals surface area contributed by atoms with E-state index in [2.05, 4.69) is 5.32 Å². The first kappa shape index (κ1) is 23.3. The molecule has 0 bridgehead atoms. The third-order valence-corrected chi connectivity index (χ3v) is 5.13. The molecular weight excluding hydrogens is 433 g/mol. The second-order valence-corrected chi connectivity index (χ2v) is 7.46. The van der Waals surface area contributed by atoms with Crippen molar-refractivity contribution in [3.63, 3.8) is 0 Å². The maximum Gasteiger partial charge on any atom is 0.253 e. The number of halogens is 2. The van der Waals surface area contributed by atoms with Gasteiger partial charge in [-0.05, 0) is 60.5 Å². The highest BCUT2D eigenvalue weighted by atomic mass is 35.5. The summed E-state index contributed by atoms with van der Waals surface area (Å²) in [5.74, 6) is 0.323. The Bertz CT molecular complexity index is 1130. The summed E-state index contributed by atoms with van der Waals surface area (Å²) in [4.78, 5) is 23.8. The molecule has 0 saturated carbocycles. The topological polar surface area (TPSA) is 64.6 Å². The number of amides is 1. The maximum absolute atomic E-state index is 14.4. The fourth-order valence-corrected chi connectivity index (χ4v) is 3.44. The van der Waals surface area contributed by atoms with Gasteiger partial charge in [0.15, 0.2) is 0 Å². The van der Waals surface area contributed by atoms with E-state index in [4.69, 9.17) is 21.1 Å². The predicted octanol–water partition coefficient (Wildman–Crippen LogP) is 5.69. The number of hydrogen-bond acceptors (Lipinski definition) is 4. The van der Waals surface area contributed by atoms with E-state index in [1.807, 2.05) is 6.92 Å². The second-order valence-electron chi connectivity index (χ2n) is 7.06. The van der Waals surface area contributed by atoms with Gasteiger partial charge >= 0.3 is 0 Å². The quantitative estimate of drug-likeness (QED) is 0.421. The molecule has 0 spiro atoms. The Hall–Kier alpha value is -3.38. The molecule has 0 atom stereocenters. The Balaban J connectivity index is 1.81. The summed E-state index contributed by atoms with van der Waals surface area (Å²) < 4.78 is 25.3. The summed E-state index contributed by atoms with van der Waals surface area (Å²) in [5.41, 5.74) is 2.18. The molecule has 0 radical (unpaired) electrons. The first-order valence-corrected chi connectivity index (χ1v) is 10.5. The van der Waals surface area contributed by atoms with Crippen molar-refractivity contribution in [1.82, 2.24) is 5.32 Å². The fraction of sp³-hybridized carbons (Fsp3) is 0.200. The summed E-state index contributed by atoms with van der Waals surface area (Å²) >= 11 is 6.26. The predicted molar refractivity (Wildman–Crippen MR) is 122 cm³/mol. The van der Waals surface area contributed by atoms with Crippen molar-refractivity contribution in [3.8, 4) is 22.6 Å². The molecule has 3 aromatic rings. The lowest BCUT2D eigenvalue weighted by Crippen LogP contribution is -2.23. The van der Waals surface area contributed by atoms with Gasteiger partial charge in [0.05, 0.1) is 24.3 Å². The zero-order valence-electron chi connectivity index (χ0n) is 17.8. The number of carbonyl (C=O) groups is 2. The highest BCUT2D eigenvalue weighted by Crippen LogP contribution is 2.29. The molecule has 0 heterocycles. The zero-order chi connectivity index (χ0) is 23.1. The van der Waals surface area contributed by atoms with Crippen LogP contribution in [-0.2, 0) is 6.54 Å². The minimum atomic E-state index is -0.451. The van der Waals surface area contributed by atoms with Gasteiger partial charge in [-0.15, -0.1) is 0 Å². The zero-order valence-corrected chi connectivity index (χ0v) is 18.5. The number of methoxy groups -OCH3 is 1. The number of aldehydes is 1. The van der Waals surface area contributed by atoms with E-state index in [0.717, 1.165) is 6.42 Å². The minimum absolute atomic E-state index is 0.134. The fourth-order valence-electron chi connectivity index (χ4n) is 3.18. The molecule has 1 amide bonds. The number of carbonyl (C=O) groups excluding carboxylic acids is 2. The van der Waals surface area contributed by atoms with Crippen LogP contribution in [0.4, 0.5) is 4.39 Å². The van der Waals surface area contributed by atoms with Gasteiger partial charge in [0, 0.05) is 23.2 Å². The molecule has 0 aliphatic rings. The molecule has 0 saturated heterocycles. The van der Waals surface area contributed by atoms with Crippen LogP contribution in [-0.4, -0.2) is 25.9 Å². The second kappa shape index (κ2) is 10.8. The van der Waals surface area contributed by atoms with Crippen LogP contribution in [0.15, 0.2) is 54.6 Å². The van der Waals surface area contributed by atoms with E-state index in [-0.39, 0.29) is 23.0 Å². The van der Waals surface area contributed by atoms with Gasteiger partial charge in [0.1, 0.15) is 23.6 Å². The van der Waals surface area contributed by atoms with Crippen LogP contribution in [0.1, 0.15) is 39.6 Å². The Morgan fingerprint density at radius 1 is 1.12 bits per heavy atom. The van der Waals surface area contributed by atoms with Crippen LogP contribution in [0.25, 0.3) is 11.1 Å². The normalized spacial score (nSPS) is 10.5. The van der Waals surface area contributed by atoms with Crippen molar-refractivity contribution in [2.75, 3.05) is 13.7 Å². The Kier molecular flexibility index (Phi) is 7.84. The van der Waals surface area contributed by atoms with Crippen LogP contribution < -0.4 is 14.8 Å². The van der Waals surface area contributed by atoms with Gasteiger partial charge in [-0.2, -0.15) is 0 Å².